The van der Waals surface area contributed by atoms with Gasteiger partial charge < -0.3 is 9.84 Å². The van der Waals surface area contributed by atoms with E-state index < -0.39 is 36.6 Å². The zero-order valence-electron chi connectivity index (χ0n) is 15.2. The minimum absolute atomic E-state index is 0.220. The summed E-state index contributed by atoms with van der Waals surface area (Å²) in [5.41, 5.74) is 0. The molecule has 0 bridgehead atoms. The molecular formula is C17H29F3N4O2. The van der Waals surface area contributed by atoms with E-state index in [9.17, 15) is 18.3 Å². The average molecular weight is 378 g/mol. The third-order valence-electron chi connectivity index (χ3n) is 6.09. The second kappa shape index (κ2) is 8.08. The van der Waals surface area contributed by atoms with Crippen LogP contribution in [0.15, 0.2) is 10.2 Å². The highest BCUT2D eigenvalue weighted by Crippen LogP contribution is 2.42. The van der Waals surface area contributed by atoms with Crippen molar-refractivity contribution in [3.05, 3.63) is 0 Å². The van der Waals surface area contributed by atoms with Gasteiger partial charge in [0.25, 0.3) is 0 Å². The largest absolute Gasteiger partial charge is 0.399 e. The van der Waals surface area contributed by atoms with Gasteiger partial charge in [-0.1, -0.05) is 19.3 Å². The maximum absolute atomic E-state index is 13.6. The highest BCUT2D eigenvalue weighted by Gasteiger charge is 2.53. The molecule has 0 amide bonds. The van der Waals surface area contributed by atoms with Gasteiger partial charge in [-0.25, -0.2) is 0 Å². The van der Waals surface area contributed by atoms with Crippen LogP contribution in [-0.4, -0.2) is 49.1 Å². The first-order valence-corrected chi connectivity index (χ1v) is 9.51. The molecule has 1 saturated heterocycles. The summed E-state index contributed by atoms with van der Waals surface area (Å²) in [4.78, 5) is 0. The van der Waals surface area contributed by atoms with Crippen LogP contribution < -0.4 is 10.6 Å². The smallest absolute Gasteiger partial charge is 0.391 e. The number of fused-ring (bicyclic) bond motifs is 1. The summed E-state index contributed by atoms with van der Waals surface area (Å²) in [6.07, 6.45) is -1.96. The van der Waals surface area contributed by atoms with Gasteiger partial charge >= 0.3 is 6.18 Å². The van der Waals surface area contributed by atoms with Crippen LogP contribution >= 0.6 is 0 Å². The molecule has 0 aromatic carbocycles. The number of hydrogen-bond donors (Lipinski definition) is 3. The minimum Gasteiger partial charge on any atom is -0.391 e. The Balaban J connectivity index is 1.79. The molecule has 0 radical (unpaired) electrons. The standard InChI is InChI=1S/C17H29F3N4O2/c1-9-21-15(13(17(18,19)20)16(22-9)26-2)24-23-14-11-6-4-3-5-10(11)7-8-12(14)25/h9-16,21-22,25H,3-8H2,1-2H3. The molecule has 2 aliphatic carbocycles. The lowest BCUT2D eigenvalue weighted by Gasteiger charge is -2.42. The summed E-state index contributed by atoms with van der Waals surface area (Å²) in [7, 11) is 1.25. The maximum atomic E-state index is 13.6. The summed E-state index contributed by atoms with van der Waals surface area (Å²) in [5.74, 6) is -1.12. The molecule has 3 rings (SSSR count). The molecule has 0 spiro atoms. The van der Waals surface area contributed by atoms with Crippen LogP contribution in [0.1, 0.15) is 45.4 Å². The number of nitrogens with zero attached hydrogens (tertiary/aromatic N) is 2. The number of aliphatic hydroxyl groups is 1. The number of nitrogens with one attached hydrogen (secondary N) is 2. The predicted molar refractivity (Wildman–Crippen MR) is 89.2 cm³/mol. The molecule has 3 N–H and O–H groups in total. The van der Waals surface area contributed by atoms with E-state index in [0.717, 1.165) is 25.7 Å². The number of methoxy groups -OCH3 is 1. The topological polar surface area (TPSA) is 78.2 Å². The van der Waals surface area contributed by atoms with Gasteiger partial charge in [0.2, 0.25) is 0 Å². The first-order chi connectivity index (χ1) is 12.3. The van der Waals surface area contributed by atoms with Crippen molar-refractivity contribution in [2.24, 2.45) is 28.0 Å². The van der Waals surface area contributed by atoms with Crippen molar-refractivity contribution in [3.8, 4) is 0 Å². The van der Waals surface area contributed by atoms with E-state index in [1.807, 2.05) is 0 Å². The molecule has 8 atom stereocenters. The van der Waals surface area contributed by atoms with E-state index in [-0.39, 0.29) is 12.1 Å². The molecule has 1 aliphatic heterocycles. The van der Waals surface area contributed by atoms with Crippen molar-refractivity contribution in [1.29, 1.82) is 0 Å². The third kappa shape index (κ3) is 4.21. The lowest BCUT2D eigenvalue weighted by Crippen LogP contribution is -2.65. The van der Waals surface area contributed by atoms with E-state index in [4.69, 9.17) is 4.74 Å². The quantitative estimate of drug-likeness (QED) is 0.660. The Hall–Kier alpha value is -0.770. The number of ether oxygens (including phenoxy) is 1. The number of alkyl halides is 3. The van der Waals surface area contributed by atoms with Gasteiger partial charge in [-0.15, -0.1) is 0 Å². The molecule has 26 heavy (non-hydrogen) atoms. The third-order valence-corrected chi connectivity index (χ3v) is 6.09. The van der Waals surface area contributed by atoms with Crippen molar-refractivity contribution < 1.29 is 23.0 Å². The molecule has 150 valence electrons. The monoisotopic (exact) mass is 378 g/mol. The highest BCUT2D eigenvalue weighted by atomic mass is 19.4. The van der Waals surface area contributed by atoms with Crippen LogP contribution in [0.25, 0.3) is 0 Å². The normalized spacial score (nSPS) is 44.8. The summed E-state index contributed by atoms with van der Waals surface area (Å²) in [6, 6.07) is -0.407. The Labute approximate surface area is 152 Å². The zero-order chi connectivity index (χ0) is 18.9. The van der Waals surface area contributed by atoms with Crippen LogP contribution in [0.3, 0.4) is 0 Å². The zero-order valence-corrected chi connectivity index (χ0v) is 15.2. The van der Waals surface area contributed by atoms with Crippen molar-refractivity contribution in [1.82, 2.24) is 10.6 Å². The molecule has 8 unspecified atom stereocenters. The number of rotatable bonds is 3. The average Bonchev–Trinajstić information content (AvgIpc) is 2.59. The molecular weight excluding hydrogens is 349 g/mol. The van der Waals surface area contributed by atoms with Gasteiger partial charge in [-0.05, 0) is 38.0 Å². The lowest BCUT2D eigenvalue weighted by atomic mass is 9.67. The Morgan fingerprint density at radius 3 is 2.46 bits per heavy atom. The van der Waals surface area contributed by atoms with Gasteiger partial charge in [0.15, 0.2) is 0 Å². The maximum Gasteiger partial charge on any atom is 0.399 e. The van der Waals surface area contributed by atoms with Crippen molar-refractivity contribution in [3.63, 3.8) is 0 Å². The van der Waals surface area contributed by atoms with Gasteiger partial charge in [-0.2, -0.15) is 23.4 Å². The van der Waals surface area contributed by atoms with E-state index in [2.05, 4.69) is 20.9 Å². The summed E-state index contributed by atoms with van der Waals surface area (Å²) in [5, 5.41) is 24.3. The van der Waals surface area contributed by atoms with Crippen LogP contribution in [-0.2, 0) is 4.74 Å². The Kier molecular flexibility index (Phi) is 6.21. The fourth-order valence-corrected chi connectivity index (χ4v) is 4.79. The second-order valence-electron chi connectivity index (χ2n) is 7.80. The van der Waals surface area contributed by atoms with Crippen molar-refractivity contribution >= 4 is 0 Å². The Morgan fingerprint density at radius 2 is 1.77 bits per heavy atom. The SMILES string of the molecule is COC1NC(C)NC(N=NC2C(O)CCC3CCCCC32)C1C(F)(F)F. The van der Waals surface area contributed by atoms with E-state index in [1.165, 1.54) is 13.5 Å². The summed E-state index contributed by atoms with van der Waals surface area (Å²) in [6.45, 7) is 1.72. The van der Waals surface area contributed by atoms with Gasteiger partial charge in [0, 0.05) is 7.11 Å². The van der Waals surface area contributed by atoms with Crippen LogP contribution in [0.2, 0.25) is 0 Å². The summed E-state index contributed by atoms with van der Waals surface area (Å²) < 4.78 is 45.7. The fourth-order valence-electron chi connectivity index (χ4n) is 4.79. The number of aliphatic hydroxyl groups excluding tert-OH is 1. The fraction of sp³-hybridized carbons (Fsp3) is 1.00. The highest BCUT2D eigenvalue weighted by molar-refractivity contribution is 4.95. The Morgan fingerprint density at radius 1 is 1.04 bits per heavy atom. The molecule has 6 nitrogen and oxygen atoms in total. The number of hydrogen-bond acceptors (Lipinski definition) is 6. The molecule has 3 fully saturated rings. The lowest BCUT2D eigenvalue weighted by molar-refractivity contribution is -0.227. The van der Waals surface area contributed by atoms with E-state index in [1.54, 1.807) is 6.92 Å². The second-order valence-corrected chi connectivity index (χ2v) is 7.80. The predicted octanol–water partition coefficient (Wildman–Crippen LogP) is 2.78. The van der Waals surface area contributed by atoms with Crippen molar-refractivity contribution in [2.45, 2.75) is 82.3 Å². The van der Waals surface area contributed by atoms with Crippen molar-refractivity contribution in [2.75, 3.05) is 7.11 Å². The van der Waals surface area contributed by atoms with E-state index >= 15 is 0 Å². The molecule has 3 aliphatic rings. The Bertz CT molecular complexity index is 505. The van der Waals surface area contributed by atoms with Crippen LogP contribution in [0, 0.1) is 17.8 Å². The molecule has 2 saturated carbocycles. The van der Waals surface area contributed by atoms with Crippen LogP contribution in [0.5, 0.6) is 0 Å². The first kappa shape index (κ1) is 20.0. The van der Waals surface area contributed by atoms with E-state index in [0.29, 0.717) is 12.3 Å². The van der Waals surface area contributed by atoms with Gasteiger partial charge in [-0.3, -0.25) is 10.6 Å². The molecule has 9 heteroatoms. The van der Waals surface area contributed by atoms with Gasteiger partial charge in [0.05, 0.1) is 18.3 Å². The number of azo groups is 1. The first-order valence-electron chi connectivity index (χ1n) is 9.51. The number of halogens is 3. The molecule has 1 heterocycles. The molecule has 0 aromatic rings. The van der Waals surface area contributed by atoms with Crippen LogP contribution in [0.4, 0.5) is 13.2 Å². The molecule has 0 aromatic heterocycles. The van der Waals surface area contributed by atoms with Gasteiger partial charge in [0.1, 0.15) is 18.3 Å². The summed E-state index contributed by atoms with van der Waals surface area (Å²) >= 11 is 0. The minimum atomic E-state index is -4.48.